The molecule has 5 nitrogen and oxygen atoms in total. The summed E-state index contributed by atoms with van der Waals surface area (Å²) >= 11 is 0. The predicted octanol–water partition coefficient (Wildman–Crippen LogP) is 4.99. The molecule has 3 fully saturated rings. The number of rotatable bonds is 3. The lowest BCUT2D eigenvalue weighted by Crippen LogP contribution is -2.56. The number of Topliss-reactive ketones (excluding diaryl/α,β-unsaturated/α-hetero) is 1. The summed E-state index contributed by atoms with van der Waals surface area (Å²) in [4.78, 5) is 27.8. The highest BCUT2D eigenvalue weighted by Gasteiger charge is 2.46. The van der Waals surface area contributed by atoms with Gasteiger partial charge < -0.3 is 9.64 Å². The van der Waals surface area contributed by atoms with Gasteiger partial charge in [-0.25, -0.2) is 4.79 Å². The summed E-state index contributed by atoms with van der Waals surface area (Å²) in [5.74, 6) is 0.111. The molecule has 1 amide bonds. The van der Waals surface area contributed by atoms with E-state index < -0.39 is 5.60 Å². The fourth-order valence-corrected chi connectivity index (χ4v) is 4.99. The molecular formula is C24H30N2O3. The van der Waals surface area contributed by atoms with Gasteiger partial charge in [0.05, 0.1) is 11.5 Å². The second kappa shape index (κ2) is 7.16. The lowest BCUT2D eigenvalue weighted by molar-refractivity contribution is -0.0260. The molecule has 0 N–H and O–H groups in total. The van der Waals surface area contributed by atoms with Crippen molar-refractivity contribution in [1.82, 2.24) is 4.90 Å². The number of ketones is 1. The summed E-state index contributed by atoms with van der Waals surface area (Å²) in [6, 6.07) is 10.2. The maximum Gasteiger partial charge on any atom is 0.410 e. The molecule has 0 aromatic heterocycles. The summed E-state index contributed by atoms with van der Waals surface area (Å²) in [5.41, 5.74) is 0.906. The van der Waals surface area contributed by atoms with Crippen LogP contribution < -0.4 is 0 Å². The van der Waals surface area contributed by atoms with Crippen molar-refractivity contribution in [2.24, 2.45) is 5.92 Å². The van der Waals surface area contributed by atoms with Crippen LogP contribution in [0.2, 0.25) is 0 Å². The highest BCUT2D eigenvalue weighted by atomic mass is 16.6. The van der Waals surface area contributed by atoms with E-state index in [9.17, 15) is 14.9 Å². The van der Waals surface area contributed by atoms with Crippen LogP contribution in [0.3, 0.4) is 0 Å². The van der Waals surface area contributed by atoms with Crippen LogP contribution in [0.4, 0.5) is 4.79 Å². The molecule has 2 saturated heterocycles. The Bertz CT molecular complexity index is 828. The quantitative estimate of drug-likeness (QED) is 0.677. The number of hydrogen-bond acceptors (Lipinski definition) is 4. The lowest BCUT2D eigenvalue weighted by atomic mass is 9.75. The second-order valence-corrected chi connectivity index (χ2v) is 9.93. The smallest absolute Gasteiger partial charge is 0.410 e. The average molecular weight is 395 g/mol. The molecule has 2 aliphatic heterocycles. The topological polar surface area (TPSA) is 70.4 Å². The Hall–Kier alpha value is -2.35. The minimum Gasteiger partial charge on any atom is -0.444 e. The summed E-state index contributed by atoms with van der Waals surface area (Å²) in [5, 5.41) is 9.37. The maximum atomic E-state index is 13.2. The Morgan fingerprint density at radius 2 is 1.69 bits per heavy atom. The van der Waals surface area contributed by atoms with Gasteiger partial charge in [0.1, 0.15) is 5.60 Å². The minimum atomic E-state index is -0.512. The van der Waals surface area contributed by atoms with E-state index >= 15 is 0 Å². The van der Waals surface area contributed by atoms with Crippen LogP contribution in [-0.4, -0.2) is 34.5 Å². The molecule has 154 valence electrons. The normalized spacial score (nSPS) is 27.7. The Labute approximate surface area is 173 Å². The number of ether oxygens (including phenoxy) is 1. The van der Waals surface area contributed by atoms with Gasteiger partial charge in [-0.1, -0.05) is 24.3 Å². The number of nitrogens with zero attached hydrogens (tertiary/aromatic N) is 2. The fraction of sp³-hybridized carbons (Fsp3) is 0.625. The van der Waals surface area contributed by atoms with E-state index in [1.807, 2.05) is 49.9 Å². The van der Waals surface area contributed by atoms with Gasteiger partial charge in [0.15, 0.2) is 5.78 Å². The summed E-state index contributed by atoms with van der Waals surface area (Å²) in [6.45, 7) is 5.66. The minimum absolute atomic E-state index is 0.0549. The molecule has 2 bridgehead atoms. The van der Waals surface area contributed by atoms with E-state index in [-0.39, 0.29) is 35.3 Å². The number of carbonyl (C=O) groups is 2. The van der Waals surface area contributed by atoms with Crippen LogP contribution in [0.25, 0.3) is 0 Å². The molecule has 3 aliphatic rings. The van der Waals surface area contributed by atoms with Gasteiger partial charge in [-0.2, -0.15) is 5.26 Å². The molecular weight excluding hydrogens is 364 g/mol. The number of benzene rings is 1. The average Bonchev–Trinajstić information content (AvgIpc) is 3.46. The highest BCUT2D eigenvalue weighted by molar-refractivity contribution is 5.98. The Morgan fingerprint density at radius 1 is 1.10 bits per heavy atom. The van der Waals surface area contributed by atoms with Crippen LogP contribution in [0.5, 0.6) is 0 Å². The van der Waals surface area contributed by atoms with E-state index in [1.54, 1.807) is 0 Å². The number of nitriles is 1. The number of hydrogen-bond donors (Lipinski definition) is 0. The van der Waals surface area contributed by atoms with E-state index in [4.69, 9.17) is 4.74 Å². The van der Waals surface area contributed by atoms with Gasteiger partial charge in [0.2, 0.25) is 0 Å². The van der Waals surface area contributed by atoms with Crippen LogP contribution in [0.1, 0.15) is 81.6 Å². The van der Waals surface area contributed by atoms with E-state index in [0.29, 0.717) is 12.8 Å². The molecule has 1 aromatic rings. The Morgan fingerprint density at radius 3 is 2.17 bits per heavy atom. The third-order valence-corrected chi connectivity index (χ3v) is 6.64. The van der Waals surface area contributed by atoms with Gasteiger partial charge in [-0.15, -0.1) is 0 Å². The van der Waals surface area contributed by atoms with Gasteiger partial charge in [0.25, 0.3) is 0 Å². The zero-order valence-corrected chi connectivity index (χ0v) is 17.6. The Balaban J connectivity index is 1.46. The molecule has 2 atom stereocenters. The number of piperidine rings is 2. The largest absolute Gasteiger partial charge is 0.444 e. The van der Waals surface area contributed by atoms with Crippen LogP contribution in [-0.2, 0) is 10.2 Å². The van der Waals surface area contributed by atoms with Gasteiger partial charge >= 0.3 is 6.09 Å². The van der Waals surface area contributed by atoms with Crippen molar-refractivity contribution in [3.05, 3.63) is 35.4 Å². The SMILES string of the molecule is CC(C)(C)OC(=O)N1C2CCCC1CC(C(=O)c1ccc(C3(C#N)CC3)cc1)C2. The molecule has 0 spiro atoms. The molecule has 4 rings (SSSR count). The van der Waals surface area contributed by atoms with Crippen molar-refractivity contribution in [1.29, 1.82) is 5.26 Å². The second-order valence-electron chi connectivity index (χ2n) is 9.93. The first-order chi connectivity index (χ1) is 13.7. The first-order valence-corrected chi connectivity index (χ1v) is 10.8. The standard InChI is InChI=1S/C24H30N2O3/c1-23(2,3)29-22(28)26-19-5-4-6-20(26)14-17(13-19)21(27)16-7-9-18(10-8-16)24(15-25)11-12-24/h7-10,17,19-20H,4-6,11-14H2,1-3H3. The summed E-state index contributed by atoms with van der Waals surface area (Å²) in [6.07, 6.45) is 5.95. The van der Waals surface area contributed by atoms with Gasteiger partial charge in [-0.3, -0.25) is 4.79 Å². The maximum absolute atomic E-state index is 13.2. The van der Waals surface area contributed by atoms with Crippen molar-refractivity contribution >= 4 is 11.9 Å². The third kappa shape index (κ3) is 3.90. The molecule has 29 heavy (non-hydrogen) atoms. The van der Waals surface area contributed by atoms with E-state index in [1.165, 1.54) is 0 Å². The van der Waals surface area contributed by atoms with Crippen LogP contribution in [0, 0.1) is 17.2 Å². The lowest BCUT2D eigenvalue weighted by Gasteiger charge is -2.48. The van der Waals surface area contributed by atoms with Crippen molar-refractivity contribution in [2.75, 3.05) is 0 Å². The first kappa shape index (κ1) is 19.9. The van der Waals surface area contributed by atoms with Crippen LogP contribution in [0.15, 0.2) is 24.3 Å². The highest BCUT2D eigenvalue weighted by Crippen LogP contribution is 2.47. The number of carbonyl (C=O) groups excluding carboxylic acids is 2. The zero-order valence-electron chi connectivity index (χ0n) is 17.6. The van der Waals surface area contributed by atoms with E-state index in [2.05, 4.69) is 6.07 Å². The molecule has 1 saturated carbocycles. The fourth-order valence-electron chi connectivity index (χ4n) is 4.99. The van der Waals surface area contributed by atoms with Gasteiger partial charge in [-0.05, 0) is 71.3 Å². The van der Waals surface area contributed by atoms with Crippen molar-refractivity contribution < 1.29 is 14.3 Å². The van der Waals surface area contributed by atoms with Crippen LogP contribution >= 0.6 is 0 Å². The van der Waals surface area contributed by atoms with E-state index in [0.717, 1.165) is 43.2 Å². The third-order valence-electron chi connectivity index (χ3n) is 6.64. The zero-order chi connectivity index (χ0) is 20.8. The van der Waals surface area contributed by atoms with Crippen molar-refractivity contribution in [3.8, 4) is 6.07 Å². The number of fused-ring (bicyclic) bond motifs is 2. The molecule has 1 aliphatic carbocycles. The monoisotopic (exact) mass is 394 g/mol. The molecule has 2 unspecified atom stereocenters. The summed E-state index contributed by atoms with van der Waals surface area (Å²) < 4.78 is 5.63. The first-order valence-electron chi connectivity index (χ1n) is 10.8. The predicted molar refractivity (Wildman–Crippen MR) is 110 cm³/mol. The van der Waals surface area contributed by atoms with Crippen molar-refractivity contribution in [2.45, 2.75) is 88.8 Å². The molecule has 2 heterocycles. The molecule has 1 aromatic carbocycles. The Kier molecular flexibility index (Phi) is 4.93. The number of amides is 1. The van der Waals surface area contributed by atoms with Crippen molar-refractivity contribution in [3.63, 3.8) is 0 Å². The van der Waals surface area contributed by atoms with Gasteiger partial charge in [0, 0.05) is 23.6 Å². The summed E-state index contributed by atoms with van der Waals surface area (Å²) in [7, 11) is 0. The molecule has 5 heteroatoms. The molecule has 0 radical (unpaired) electrons.